The molecule has 2 rings (SSSR count). The molecule has 19 heavy (non-hydrogen) atoms. The van der Waals surface area contributed by atoms with Crippen LogP contribution in [-0.4, -0.2) is 30.6 Å². The first kappa shape index (κ1) is 14.1. The van der Waals surface area contributed by atoms with Gasteiger partial charge in [0, 0.05) is 13.1 Å². The Morgan fingerprint density at radius 3 is 2.79 bits per heavy atom. The first-order valence-electron chi connectivity index (χ1n) is 7.29. The van der Waals surface area contributed by atoms with E-state index in [-0.39, 0.29) is 6.10 Å². The summed E-state index contributed by atoms with van der Waals surface area (Å²) in [6.45, 7) is 12.0. The van der Waals surface area contributed by atoms with E-state index in [1.54, 1.807) is 0 Å². The fraction of sp³-hybridized carbons (Fsp3) is 0.529. The maximum atomic E-state index is 5.79. The average Bonchev–Trinajstić information content (AvgIpc) is 2.38. The molecule has 1 atom stereocenters. The van der Waals surface area contributed by atoms with Crippen molar-refractivity contribution in [1.29, 1.82) is 0 Å². The van der Waals surface area contributed by atoms with Crippen molar-refractivity contribution in [2.24, 2.45) is 5.92 Å². The smallest absolute Gasteiger partial charge is 0.120 e. The molecule has 1 aliphatic heterocycles. The zero-order valence-corrected chi connectivity index (χ0v) is 12.5. The molecule has 2 nitrogen and oxygen atoms in total. The van der Waals surface area contributed by atoms with Crippen LogP contribution in [0.25, 0.3) is 5.57 Å². The molecule has 0 spiro atoms. The van der Waals surface area contributed by atoms with E-state index in [0.717, 1.165) is 25.4 Å². The molecule has 104 valence electrons. The van der Waals surface area contributed by atoms with Crippen molar-refractivity contribution in [3.8, 4) is 5.75 Å². The number of benzene rings is 1. The highest BCUT2D eigenvalue weighted by Gasteiger charge is 2.19. The monoisotopic (exact) mass is 259 g/mol. The third kappa shape index (κ3) is 3.60. The van der Waals surface area contributed by atoms with Gasteiger partial charge in [-0.2, -0.15) is 0 Å². The number of rotatable bonds is 4. The van der Waals surface area contributed by atoms with Crippen LogP contribution in [0.1, 0.15) is 33.3 Å². The molecule has 2 heteroatoms. The molecule has 0 aliphatic carbocycles. The number of hydrogen-bond donors (Lipinski definition) is 0. The molecule has 0 bridgehead atoms. The Kier molecular flexibility index (Phi) is 4.65. The molecule has 0 radical (unpaired) electrons. The maximum Gasteiger partial charge on any atom is 0.120 e. The molecule has 0 aromatic heterocycles. The number of likely N-dealkylation sites (N-methyl/N-ethyl adjacent to an activating group) is 1. The van der Waals surface area contributed by atoms with Gasteiger partial charge in [0.2, 0.25) is 0 Å². The van der Waals surface area contributed by atoms with Gasteiger partial charge in [-0.15, -0.1) is 0 Å². The molecular formula is C17H25NO. The topological polar surface area (TPSA) is 12.5 Å². The lowest BCUT2D eigenvalue weighted by atomic mass is 9.90. The summed E-state index contributed by atoms with van der Waals surface area (Å²) in [5, 5.41) is 0. The number of hydrogen-bond acceptors (Lipinski definition) is 2. The molecule has 0 N–H and O–H groups in total. The van der Waals surface area contributed by atoms with Crippen molar-refractivity contribution in [3.05, 3.63) is 35.9 Å². The standard InChI is InChI=1S/C17H25NO/c1-5-18-10-9-17(14(4)12-18)15-7-6-8-16(11-15)19-13(2)3/h6-9,11,13-14H,5,10,12H2,1-4H3. The largest absolute Gasteiger partial charge is 0.491 e. The van der Waals surface area contributed by atoms with E-state index in [4.69, 9.17) is 4.74 Å². The Morgan fingerprint density at radius 2 is 2.16 bits per heavy atom. The summed E-state index contributed by atoms with van der Waals surface area (Å²) >= 11 is 0. The second-order valence-electron chi connectivity index (χ2n) is 5.61. The van der Waals surface area contributed by atoms with Gasteiger partial charge in [-0.3, -0.25) is 4.90 Å². The number of ether oxygens (including phenoxy) is 1. The summed E-state index contributed by atoms with van der Waals surface area (Å²) in [6.07, 6.45) is 2.59. The second kappa shape index (κ2) is 6.25. The van der Waals surface area contributed by atoms with Gasteiger partial charge in [-0.1, -0.05) is 32.1 Å². The normalized spacial score (nSPS) is 20.5. The second-order valence-corrected chi connectivity index (χ2v) is 5.61. The predicted molar refractivity (Wildman–Crippen MR) is 81.5 cm³/mol. The summed E-state index contributed by atoms with van der Waals surface area (Å²) < 4.78 is 5.79. The fourth-order valence-corrected chi connectivity index (χ4v) is 2.67. The number of nitrogens with zero attached hydrogens (tertiary/aromatic N) is 1. The fourth-order valence-electron chi connectivity index (χ4n) is 2.67. The van der Waals surface area contributed by atoms with Crippen LogP contribution in [0.4, 0.5) is 0 Å². The van der Waals surface area contributed by atoms with Crippen molar-refractivity contribution in [1.82, 2.24) is 4.90 Å². The zero-order chi connectivity index (χ0) is 13.8. The van der Waals surface area contributed by atoms with Crippen LogP contribution in [0, 0.1) is 5.92 Å². The van der Waals surface area contributed by atoms with Crippen LogP contribution in [0.5, 0.6) is 5.75 Å². The van der Waals surface area contributed by atoms with Crippen molar-refractivity contribution >= 4 is 5.57 Å². The van der Waals surface area contributed by atoms with Crippen molar-refractivity contribution in [2.45, 2.75) is 33.8 Å². The molecule has 0 saturated heterocycles. The van der Waals surface area contributed by atoms with E-state index in [0.29, 0.717) is 5.92 Å². The average molecular weight is 259 g/mol. The van der Waals surface area contributed by atoms with Crippen LogP contribution in [0.3, 0.4) is 0 Å². The van der Waals surface area contributed by atoms with E-state index >= 15 is 0 Å². The van der Waals surface area contributed by atoms with Gasteiger partial charge >= 0.3 is 0 Å². The first-order valence-corrected chi connectivity index (χ1v) is 7.29. The Labute approximate surface area is 117 Å². The molecule has 1 aromatic carbocycles. The summed E-state index contributed by atoms with van der Waals surface area (Å²) in [5.74, 6) is 1.56. The quantitative estimate of drug-likeness (QED) is 0.815. The van der Waals surface area contributed by atoms with Crippen LogP contribution < -0.4 is 4.74 Å². The highest BCUT2D eigenvalue weighted by molar-refractivity contribution is 5.69. The first-order chi connectivity index (χ1) is 9.10. The summed E-state index contributed by atoms with van der Waals surface area (Å²) in [6, 6.07) is 8.49. The van der Waals surface area contributed by atoms with E-state index in [1.165, 1.54) is 11.1 Å². The third-order valence-corrected chi connectivity index (χ3v) is 3.62. The van der Waals surface area contributed by atoms with Gasteiger partial charge < -0.3 is 4.74 Å². The lowest BCUT2D eigenvalue weighted by Gasteiger charge is -2.30. The Morgan fingerprint density at radius 1 is 1.37 bits per heavy atom. The van der Waals surface area contributed by atoms with Gasteiger partial charge in [-0.25, -0.2) is 0 Å². The highest BCUT2D eigenvalue weighted by atomic mass is 16.5. The minimum Gasteiger partial charge on any atom is -0.491 e. The molecule has 0 saturated carbocycles. The molecule has 0 fully saturated rings. The predicted octanol–water partition coefficient (Wildman–Crippen LogP) is 3.83. The minimum absolute atomic E-state index is 0.226. The van der Waals surface area contributed by atoms with Gasteiger partial charge in [0.15, 0.2) is 0 Å². The molecular weight excluding hydrogens is 234 g/mol. The zero-order valence-electron chi connectivity index (χ0n) is 12.5. The van der Waals surface area contributed by atoms with Gasteiger partial charge in [0.25, 0.3) is 0 Å². The van der Waals surface area contributed by atoms with Crippen LogP contribution in [-0.2, 0) is 0 Å². The molecule has 1 aromatic rings. The lowest BCUT2D eigenvalue weighted by Crippen LogP contribution is -2.32. The van der Waals surface area contributed by atoms with E-state index in [9.17, 15) is 0 Å². The highest BCUT2D eigenvalue weighted by Crippen LogP contribution is 2.29. The maximum absolute atomic E-state index is 5.79. The summed E-state index contributed by atoms with van der Waals surface area (Å²) in [4.78, 5) is 2.47. The van der Waals surface area contributed by atoms with Crippen LogP contribution in [0.15, 0.2) is 30.3 Å². The van der Waals surface area contributed by atoms with Gasteiger partial charge in [-0.05, 0) is 49.6 Å². The molecule has 1 heterocycles. The lowest BCUT2D eigenvalue weighted by molar-refractivity contribution is 0.242. The third-order valence-electron chi connectivity index (χ3n) is 3.62. The molecule has 1 unspecified atom stereocenters. The Hall–Kier alpha value is -1.28. The summed E-state index contributed by atoms with van der Waals surface area (Å²) in [7, 11) is 0. The van der Waals surface area contributed by atoms with E-state index < -0.39 is 0 Å². The van der Waals surface area contributed by atoms with E-state index in [1.807, 2.05) is 6.07 Å². The van der Waals surface area contributed by atoms with Crippen molar-refractivity contribution in [2.75, 3.05) is 19.6 Å². The summed E-state index contributed by atoms with van der Waals surface area (Å²) in [5.41, 5.74) is 2.76. The van der Waals surface area contributed by atoms with Gasteiger partial charge in [0.05, 0.1) is 6.10 Å². The molecule has 1 aliphatic rings. The minimum atomic E-state index is 0.226. The Bertz CT molecular complexity index is 450. The Balaban J connectivity index is 2.19. The SMILES string of the molecule is CCN1CC=C(c2cccc(OC(C)C)c2)C(C)C1. The van der Waals surface area contributed by atoms with Crippen molar-refractivity contribution in [3.63, 3.8) is 0 Å². The van der Waals surface area contributed by atoms with Gasteiger partial charge in [0.1, 0.15) is 5.75 Å². The van der Waals surface area contributed by atoms with Crippen LogP contribution >= 0.6 is 0 Å². The van der Waals surface area contributed by atoms with Crippen molar-refractivity contribution < 1.29 is 4.74 Å². The van der Waals surface area contributed by atoms with Crippen LogP contribution in [0.2, 0.25) is 0 Å². The molecule has 0 amide bonds. The van der Waals surface area contributed by atoms with E-state index in [2.05, 4.69) is 56.9 Å².